The fraction of sp³-hybridized carbons (Fsp3) is 0.273. The van der Waals surface area contributed by atoms with Crippen molar-refractivity contribution >= 4 is 33.9 Å². The van der Waals surface area contributed by atoms with Gasteiger partial charge in [0.05, 0.1) is 23.5 Å². The molecular formula is C22H20N2OS. The minimum atomic E-state index is -0.276. The van der Waals surface area contributed by atoms with Crippen molar-refractivity contribution in [2.24, 2.45) is 0 Å². The molecule has 3 nitrogen and oxygen atoms in total. The molecule has 26 heavy (non-hydrogen) atoms. The molecule has 2 atom stereocenters. The van der Waals surface area contributed by atoms with Gasteiger partial charge in [-0.3, -0.25) is 4.79 Å². The van der Waals surface area contributed by atoms with Crippen LogP contribution in [0.1, 0.15) is 35.2 Å². The van der Waals surface area contributed by atoms with Crippen molar-refractivity contribution in [3.8, 4) is 0 Å². The maximum atomic E-state index is 13.3. The fourth-order valence-corrected chi connectivity index (χ4v) is 5.03. The van der Waals surface area contributed by atoms with Gasteiger partial charge in [-0.15, -0.1) is 0 Å². The van der Waals surface area contributed by atoms with Crippen molar-refractivity contribution in [3.63, 3.8) is 0 Å². The summed E-state index contributed by atoms with van der Waals surface area (Å²) in [5.41, 5.74) is 5.93. The number of benzene rings is 2. The van der Waals surface area contributed by atoms with Crippen LogP contribution >= 0.6 is 12.2 Å². The standard InChI is InChI=1S/C22H20N2OS/c1-2-13-7-3-4-8-14(13)20-21(25)19-11-16-15-9-5-6-10-17(15)23-18(16)12-24(19)22(20)26/h3-10,19-20,23H,2,11-12H2,1H3. The molecule has 2 aliphatic heterocycles. The predicted octanol–water partition coefficient (Wildman–Crippen LogP) is 4.15. The number of hydrogen-bond acceptors (Lipinski definition) is 2. The first-order chi connectivity index (χ1) is 12.7. The second-order valence-corrected chi connectivity index (χ2v) is 7.62. The molecule has 0 spiro atoms. The van der Waals surface area contributed by atoms with E-state index >= 15 is 0 Å². The van der Waals surface area contributed by atoms with Gasteiger partial charge in [0, 0.05) is 23.0 Å². The zero-order chi connectivity index (χ0) is 17.8. The number of aromatic amines is 1. The zero-order valence-corrected chi connectivity index (χ0v) is 15.5. The molecule has 0 bridgehead atoms. The number of aryl methyl sites for hydroxylation is 1. The highest BCUT2D eigenvalue weighted by atomic mass is 32.1. The molecule has 2 unspecified atom stereocenters. The van der Waals surface area contributed by atoms with Crippen molar-refractivity contribution in [1.82, 2.24) is 9.88 Å². The Balaban J connectivity index is 1.57. The van der Waals surface area contributed by atoms with Gasteiger partial charge in [0.25, 0.3) is 0 Å². The van der Waals surface area contributed by atoms with Crippen LogP contribution in [0.2, 0.25) is 0 Å². The van der Waals surface area contributed by atoms with Gasteiger partial charge >= 0.3 is 0 Å². The Morgan fingerprint density at radius 3 is 2.77 bits per heavy atom. The summed E-state index contributed by atoms with van der Waals surface area (Å²) in [6.07, 6.45) is 1.65. The zero-order valence-electron chi connectivity index (χ0n) is 14.7. The first-order valence-electron chi connectivity index (χ1n) is 9.19. The number of H-pyrrole nitrogens is 1. The summed E-state index contributed by atoms with van der Waals surface area (Å²) in [5, 5.41) is 1.23. The maximum Gasteiger partial charge on any atom is 0.169 e. The third kappa shape index (κ3) is 2.12. The first kappa shape index (κ1) is 15.8. The molecule has 130 valence electrons. The molecule has 1 fully saturated rings. The fourth-order valence-electron chi connectivity index (χ4n) is 4.60. The monoisotopic (exact) mass is 360 g/mol. The number of carbonyl (C=O) groups is 1. The third-order valence-electron chi connectivity index (χ3n) is 5.89. The van der Waals surface area contributed by atoms with Crippen LogP contribution in [0.3, 0.4) is 0 Å². The minimum absolute atomic E-state index is 0.135. The molecule has 2 aliphatic rings. The van der Waals surface area contributed by atoms with Crippen molar-refractivity contribution in [2.45, 2.75) is 38.3 Å². The van der Waals surface area contributed by atoms with E-state index in [1.807, 2.05) is 18.2 Å². The molecule has 5 rings (SSSR count). The number of carbonyl (C=O) groups excluding carboxylic acids is 1. The van der Waals surface area contributed by atoms with Gasteiger partial charge in [0.15, 0.2) is 5.78 Å². The van der Waals surface area contributed by atoms with Gasteiger partial charge in [0.2, 0.25) is 0 Å². The molecule has 1 aromatic heterocycles. The highest BCUT2D eigenvalue weighted by molar-refractivity contribution is 7.80. The lowest BCUT2D eigenvalue weighted by atomic mass is 9.88. The normalized spacial score (nSPS) is 22.0. The van der Waals surface area contributed by atoms with Crippen LogP contribution in [0, 0.1) is 0 Å². The number of hydrogen-bond donors (Lipinski definition) is 1. The second-order valence-electron chi connectivity index (χ2n) is 7.20. The summed E-state index contributed by atoms with van der Waals surface area (Å²) in [4.78, 5) is 19.8. The molecule has 0 aliphatic carbocycles. The topological polar surface area (TPSA) is 36.1 Å². The number of fused-ring (bicyclic) bond motifs is 4. The Morgan fingerprint density at radius 2 is 1.92 bits per heavy atom. The van der Waals surface area contributed by atoms with Crippen molar-refractivity contribution in [3.05, 3.63) is 70.9 Å². The van der Waals surface area contributed by atoms with Gasteiger partial charge in [-0.1, -0.05) is 61.6 Å². The van der Waals surface area contributed by atoms with Gasteiger partial charge in [-0.05, 0) is 29.2 Å². The van der Waals surface area contributed by atoms with E-state index in [9.17, 15) is 4.79 Å². The maximum absolute atomic E-state index is 13.3. The number of thiocarbonyl (C=S) groups is 1. The van der Waals surface area contributed by atoms with E-state index in [2.05, 4.69) is 47.1 Å². The Kier molecular flexibility index (Phi) is 3.50. The van der Waals surface area contributed by atoms with E-state index in [1.54, 1.807) is 0 Å². The highest BCUT2D eigenvalue weighted by Crippen LogP contribution is 2.40. The minimum Gasteiger partial charge on any atom is -0.357 e. The number of nitrogens with one attached hydrogen (secondary N) is 1. The van der Waals surface area contributed by atoms with Gasteiger partial charge in [-0.25, -0.2) is 0 Å². The Bertz CT molecular complexity index is 1050. The molecule has 1 saturated heterocycles. The lowest BCUT2D eigenvalue weighted by Crippen LogP contribution is -2.39. The lowest BCUT2D eigenvalue weighted by molar-refractivity contribution is -0.121. The Labute approximate surface area is 158 Å². The van der Waals surface area contributed by atoms with Crippen molar-refractivity contribution in [2.75, 3.05) is 0 Å². The quantitative estimate of drug-likeness (QED) is 0.698. The predicted molar refractivity (Wildman–Crippen MR) is 107 cm³/mol. The molecule has 0 saturated carbocycles. The SMILES string of the molecule is CCc1ccccc1C1C(=O)C2Cc3c([nH]c4ccccc34)CN2C1=S. The molecule has 1 N–H and O–H groups in total. The van der Waals surface area contributed by atoms with E-state index in [0.717, 1.165) is 28.9 Å². The Hall–Kier alpha value is -2.46. The molecule has 3 aromatic rings. The summed E-state index contributed by atoms with van der Waals surface area (Å²) in [6, 6.07) is 16.4. The van der Waals surface area contributed by atoms with Gasteiger partial charge < -0.3 is 9.88 Å². The molecule has 2 aromatic carbocycles. The molecule has 4 heteroatoms. The number of para-hydroxylation sites is 1. The van der Waals surface area contributed by atoms with Crippen LogP contribution in [-0.4, -0.2) is 26.7 Å². The van der Waals surface area contributed by atoms with Crippen molar-refractivity contribution in [1.29, 1.82) is 0 Å². The lowest BCUT2D eigenvalue weighted by Gasteiger charge is -2.30. The van der Waals surface area contributed by atoms with E-state index in [4.69, 9.17) is 12.2 Å². The summed E-state index contributed by atoms with van der Waals surface area (Å²) in [6.45, 7) is 2.83. The third-order valence-corrected chi connectivity index (χ3v) is 6.36. The Morgan fingerprint density at radius 1 is 1.15 bits per heavy atom. The number of rotatable bonds is 2. The smallest absolute Gasteiger partial charge is 0.169 e. The molecule has 0 radical (unpaired) electrons. The highest BCUT2D eigenvalue weighted by Gasteiger charge is 2.48. The molecular weight excluding hydrogens is 340 g/mol. The number of aromatic nitrogens is 1. The molecule has 0 amide bonds. The number of ketones is 1. The van der Waals surface area contributed by atoms with Crippen LogP contribution in [0.5, 0.6) is 0 Å². The summed E-state index contributed by atoms with van der Waals surface area (Å²) in [5.74, 6) is -0.0201. The van der Waals surface area contributed by atoms with Crippen LogP contribution in [0.4, 0.5) is 0 Å². The van der Waals surface area contributed by atoms with Crippen molar-refractivity contribution < 1.29 is 4.79 Å². The van der Waals surface area contributed by atoms with Gasteiger partial charge in [0.1, 0.15) is 0 Å². The van der Waals surface area contributed by atoms with Crippen LogP contribution in [0.15, 0.2) is 48.5 Å². The summed E-state index contributed by atoms with van der Waals surface area (Å²) in [7, 11) is 0. The van der Waals surface area contributed by atoms with Crippen LogP contribution in [-0.2, 0) is 24.2 Å². The summed E-state index contributed by atoms with van der Waals surface area (Å²) >= 11 is 5.81. The summed E-state index contributed by atoms with van der Waals surface area (Å²) < 4.78 is 0. The largest absolute Gasteiger partial charge is 0.357 e. The number of Topliss-reactive ketones (excluding diaryl/α,β-unsaturated/α-hetero) is 1. The molecule has 3 heterocycles. The first-order valence-corrected chi connectivity index (χ1v) is 9.60. The average molecular weight is 360 g/mol. The van der Waals surface area contributed by atoms with E-state index < -0.39 is 0 Å². The second kappa shape index (κ2) is 5.78. The number of nitrogens with zero attached hydrogens (tertiary/aromatic N) is 1. The van der Waals surface area contributed by atoms with E-state index in [0.29, 0.717) is 6.54 Å². The average Bonchev–Trinajstić information content (AvgIpc) is 3.15. The van der Waals surface area contributed by atoms with Crippen LogP contribution in [0.25, 0.3) is 10.9 Å². The van der Waals surface area contributed by atoms with E-state index in [1.165, 1.54) is 22.2 Å². The van der Waals surface area contributed by atoms with E-state index in [-0.39, 0.29) is 17.7 Å². The van der Waals surface area contributed by atoms with Gasteiger partial charge in [-0.2, -0.15) is 0 Å². The van der Waals surface area contributed by atoms with Crippen LogP contribution < -0.4 is 0 Å².